The molecule has 2 aromatic heterocycles. The Bertz CT molecular complexity index is 5360. The molecule has 8 aromatic carbocycles. The predicted molar refractivity (Wildman–Crippen MR) is 287 cm³/mol. The fourth-order valence-electron chi connectivity index (χ4n) is 8.61. The van der Waals surface area contributed by atoms with Gasteiger partial charge in [-0.1, -0.05) is 36.4 Å². The fourth-order valence-corrected chi connectivity index (χ4v) is 12.4. The normalized spacial score (nSPS) is 12.7. The molecule has 0 unspecified atom stereocenters. The first-order chi connectivity index (χ1) is 39.1. The number of aromatic amines is 2. The topological polar surface area (TPSA) is 510 Å². The van der Waals surface area contributed by atoms with Crippen LogP contribution in [0.25, 0.3) is 66.4 Å². The molecule has 0 spiro atoms. The number of H-pyrrole nitrogens is 2. The number of hydrogen-bond acceptors (Lipinski definition) is 23. The smallest absolute Gasteiger partial charge is 0.858 e. The standard InChI is InChI=1S/C49H34N8O21S6.6Na/c58-47(56-39-19-31(79(61,62)63)13-27-15-33(81(67,68)69)21-41(43(27)39)83(73,74)75)25-7-9-35-37(17-25)54-45(52-35)23-3-1-5-29(11-23)50-49(60)51-30-6-2-4-24(12-30)46-53-36-10-8-26(18-38(36)55-46)48(59)57-40-20-32(80(64,65)66)14-28-16-34(82(70,71)72)22-42(44(28)40)84(76,77)78;;;;;;/h1-22H,(H,52,54)(H,53,55)(H,56,58)(H,57,59)(H2,50,51,60)(H,61,62,63)(H,64,65,66)(H,67,68,69)(H,70,71,72)(H,73,74,75)(H,76,77,78);;;;;;/q;6*+1/p-6. The van der Waals surface area contributed by atoms with Gasteiger partial charge in [-0.25, -0.2) is 40.2 Å². The van der Waals surface area contributed by atoms with E-state index < -0.39 is 141 Å². The van der Waals surface area contributed by atoms with Crippen LogP contribution in [-0.2, 0) is 60.7 Å². The zero-order valence-corrected chi connectivity index (χ0v) is 64.0. The van der Waals surface area contributed by atoms with Gasteiger partial charge in [0.2, 0.25) is 0 Å². The number of benzene rings is 8. The van der Waals surface area contributed by atoms with Gasteiger partial charge < -0.3 is 44.3 Å². The Morgan fingerprint density at radius 1 is 0.433 bits per heavy atom. The van der Waals surface area contributed by atoms with Crippen LogP contribution < -0.4 is 198 Å². The molecule has 10 rings (SSSR count). The van der Waals surface area contributed by atoms with E-state index >= 15 is 0 Å². The van der Waals surface area contributed by atoms with Crippen LogP contribution in [0.5, 0.6) is 0 Å². The second kappa shape index (κ2) is 29.9. The summed E-state index contributed by atoms with van der Waals surface area (Å²) in [6.45, 7) is 0. The van der Waals surface area contributed by atoms with E-state index in [1.807, 2.05) is 0 Å². The van der Waals surface area contributed by atoms with E-state index in [9.17, 15) is 93.1 Å². The molecular weight excluding hydrogens is 1370 g/mol. The number of hydrogen-bond donors (Lipinski definition) is 6. The molecule has 0 aliphatic heterocycles. The Morgan fingerprint density at radius 3 is 1.23 bits per heavy atom. The number of rotatable bonds is 14. The molecule has 10 aromatic rings. The van der Waals surface area contributed by atoms with Gasteiger partial charge in [-0.3, -0.25) is 23.6 Å². The summed E-state index contributed by atoms with van der Waals surface area (Å²) in [7, 11) is -32.1. The summed E-state index contributed by atoms with van der Waals surface area (Å²) in [5.74, 6) is -1.87. The molecule has 29 nitrogen and oxygen atoms in total. The van der Waals surface area contributed by atoms with Gasteiger partial charge in [-0.15, -0.1) is 0 Å². The Balaban J connectivity index is 0.00000288. The fraction of sp³-hybridized carbons (Fsp3) is 0. The van der Waals surface area contributed by atoms with E-state index in [4.69, 9.17) is 0 Å². The minimum Gasteiger partial charge on any atom is -0.858 e. The second-order valence-electron chi connectivity index (χ2n) is 17.9. The quantitative estimate of drug-likeness (QED) is 0.0255. The largest absolute Gasteiger partial charge is 1.00 e. The van der Waals surface area contributed by atoms with Gasteiger partial charge in [0.1, 0.15) is 51.8 Å². The van der Waals surface area contributed by atoms with Crippen molar-refractivity contribution in [3.05, 3.63) is 145 Å². The van der Waals surface area contributed by atoms with Gasteiger partial charge in [-0.05, 0) is 131 Å². The van der Waals surface area contributed by atoms with Crippen molar-refractivity contribution in [2.75, 3.05) is 5.32 Å². The maximum absolute atomic E-state index is 13.6. The molecule has 0 fully saturated rings. The van der Waals surface area contributed by atoms with Gasteiger partial charge >= 0.3 is 177 Å². The van der Waals surface area contributed by atoms with E-state index in [1.54, 1.807) is 24.3 Å². The molecule has 432 valence electrons. The van der Waals surface area contributed by atoms with Crippen LogP contribution in [0, 0.1) is 0 Å². The predicted octanol–water partition coefficient (Wildman–Crippen LogP) is -15.1. The molecule has 0 aliphatic carbocycles. The maximum Gasteiger partial charge on any atom is 1.00 e. The van der Waals surface area contributed by atoms with Crippen LogP contribution in [0.1, 0.15) is 11.1 Å². The van der Waals surface area contributed by atoms with Crippen molar-refractivity contribution in [2.24, 2.45) is 15.0 Å². The molecular formula is C49H28N8Na6O21S6. The Morgan fingerprint density at radius 2 is 0.822 bits per heavy atom. The van der Waals surface area contributed by atoms with Crippen molar-refractivity contribution in [1.29, 1.82) is 0 Å². The van der Waals surface area contributed by atoms with Crippen molar-refractivity contribution in [3.63, 3.8) is 0 Å². The van der Waals surface area contributed by atoms with Crippen LogP contribution in [0.15, 0.2) is 178 Å². The van der Waals surface area contributed by atoms with E-state index in [0.717, 1.165) is 0 Å². The number of nitrogens with one attached hydrogen (secondary N) is 3. The summed E-state index contributed by atoms with van der Waals surface area (Å²) >= 11 is 0. The van der Waals surface area contributed by atoms with Crippen LogP contribution in [-0.4, -0.2) is 116 Å². The Hall–Kier alpha value is -3.11. The second-order valence-corrected chi connectivity index (χ2v) is 26.2. The van der Waals surface area contributed by atoms with Crippen molar-refractivity contribution in [2.45, 2.75) is 29.4 Å². The molecule has 41 heteroatoms. The first kappa shape index (κ1) is 79.3. The molecule has 2 heterocycles. The van der Waals surface area contributed by atoms with E-state index in [2.05, 4.69) is 40.2 Å². The molecule has 0 saturated heterocycles. The first-order valence-electron chi connectivity index (χ1n) is 22.9. The third-order valence-electron chi connectivity index (χ3n) is 12.2. The SMILES string of the molecule is O=S(=O)([O-])c1cc(N=C([O-])c2ccc3nc(-c4cccc(N=C([O-])Nc5cccc(-c6nc7ccc(C([O-])=Nc8cc(S(=O)(=O)[O-])cc9cc(S(=O)(=O)O)cc(S(=O)(=O)O)c89)cc7[nH]6)c5)c4)[nH]c3c2)c2c(S(=O)(=O)O)cc(S(=O)(=O)[O-])cc2c1.[Na+].[Na+].[Na+].[Na+].[Na+].[Na+]. The van der Waals surface area contributed by atoms with E-state index in [1.165, 1.54) is 60.7 Å². The minimum atomic E-state index is -5.42. The summed E-state index contributed by atoms with van der Waals surface area (Å²) in [6.07, 6.45) is 0. The zero-order valence-electron chi connectivity index (χ0n) is 47.1. The van der Waals surface area contributed by atoms with Crippen molar-refractivity contribution in [1.82, 2.24) is 19.9 Å². The molecule has 0 bridgehead atoms. The van der Waals surface area contributed by atoms with Crippen molar-refractivity contribution >= 4 is 145 Å². The molecule has 0 aliphatic rings. The summed E-state index contributed by atoms with van der Waals surface area (Å²) in [5, 5.41) is 40.5. The number of fused-ring (bicyclic) bond motifs is 4. The summed E-state index contributed by atoms with van der Waals surface area (Å²) < 4.78 is 211. The molecule has 6 N–H and O–H groups in total. The number of anilines is 1. The number of nitrogens with zero attached hydrogens (tertiary/aromatic N) is 5. The summed E-state index contributed by atoms with van der Waals surface area (Å²) in [6, 6.07) is 23.3. The number of aromatic nitrogens is 4. The minimum absolute atomic E-state index is 0. The van der Waals surface area contributed by atoms with Crippen molar-refractivity contribution in [3.8, 4) is 22.8 Å². The summed E-state index contributed by atoms with van der Waals surface area (Å²) in [4.78, 5) is 19.9. The third kappa shape index (κ3) is 17.9. The Kier molecular flexibility index (Phi) is 26.4. The number of aliphatic imine (C=N–C) groups is 3. The molecule has 0 atom stereocenters. The number of imidazole rings is 2. The van der Waals surface area contributed by atoms with E-state index in [-0.39, 0.29) is 234 Å². The van der Waals surface area contributed by atoms with Crippen LogP contribution in [0.2, 0.25) is 0 Å². The molecule has 0 radical (unpaired) electrons. The van der Waals surface area contributed by atoms with Gasteiger partial charge in [-0.2, -0.15) is 25.3 Å². The average Bonchev–Trinajstić information content (AvgIpc) is 1.02. The van der Waals surface area contributed by atoms with Crippen molar-refractivity contribution < 1.29 is 270 Å². The van der Waals surface area contributed by atoms with Gasteiger partial charge in [0.25, 0.3) is 30.4 Å². The van der Waals surface area contributed by atoms with Gasteiger partial charge in [0, 0.05) is 27.6 Å². The van der Waals surface area contributed by atoms with Crippen LogP contribution in [0.3, 0.4) is 0 Å². The maximum atomic E-state index is 13.6. The third-order valence-corrected chi connectivity index (χ3v) is 17.3. The van der Waals surface area contributed by atoms with Crippen LogP contribution >= 0.6 is 0 Å². The zero-order chi connectivity index (χ0) is 60.8. The van der Waals surface area contributed by atoms with E-state index in [0.29, 0.717) is 59.1 Å². The number of amidine groups is 1. The molecule has 0 saturated carbocycles. The molecule has 0 amide bonds. The monoisotopic (exact) mass is 1390 g/mol. The average molecular weight is 1400 g/mol. The summed E-state index contributed by atoms with van der Waals surface area (Å²) in [5.41, 5.74) is 0.240. The Labute approximate surface area is 642 Å². The first-order valence-corrected chi connectivity index (χ1v) is 31.4. The van der Waals surface area contributed by atoms with Gasteiger partial charge in [0.15, 0.2) is 0 Å². The van der Waals surface area contributed by atoms with Crippen LogP contribution in [0.4, 0.5) is 22.7 Å². The van der Waals surface area contributed by atoms with Gasteiger partial charge in [0.05, 0.1) is 64.7 Å². The molecule has 90 heavy (non-hydrogen) atoms.